The fourth-order valence-electron chi connectivity index (χ4n) is 2.51. The average Bonchev–Trinajstić information content (AvgIpc) is 2.43. The van der Waals surface area contributed by atoms with Gasteiger partial charge < -0.3 is 15.4 Å². The summed E-state index contributed by atoms with van der Waals surface area (Å²) in [5.41, 5.74) is 1.60. The summed E-state index contributed by atoms with van der Waals surface area (Å²) >= 11 is 0. The number of hydrogen-bond acceptors (Lipinski definition) is 3. The number of ether oxygens (including phenoxy) is 1. The van der Waals surface area contributed by atoms with Crippen molar-refractivity contribution in [3.63, 3.8) is 0 Å². The molecule has 4 heteroatoms. The highest BCUT2D eigenvalue weighted by Gasteiger charge is 2.45. The molecule has 0 atom stereocenters. The maximum atomic E-state index is 12.2. The Morgan fingerprint density at radius 3 is 2.76 bits per heavy atom. The van der Waals surface area contributed by atoms with Crippen molar-refractivity contribution in [3.8, 4) is 5.75 Å². The molecule has 3 rings (SSSR count). The second-order valence-corrected chi connectivity index (χ2v) is 4.85. The Labute approximate surface area is 100 Å². The molecule has 4 nitrogen and oxygen atoms in total. The van der Waals surface area contributed by atoms with Crippen molar-refractivity contribution in [2.45, 2.75) is 19.3 Å². The molecule has 1 fully saturated rings. The van der Waals surface area contributed by atoms with Crippen molar-refractivity contribution in [2.75, 3.05) is 24.3 Å². The minimum absolute atomic E-state index is 0.153. The summed E-state index contributed by atoms with van der Waals surface area (Å²) in [6.45, 7) is 0.721. The van der Waals surface area contributed by atoms with Crippen LogP contribution in [0.2, 0.25) is 0 Å². The number of methoxy groups -OCH3 is 1. The van der Waals surface area contributed by atoms with Gasteiger partial charge >= 0.3 is 0 Å². The van der Waals surface area contributed by atoms with Crippen LogP contribution in [0.1, 0.15) is 19.3 Å². The van der Waals surface area contributed by atoms with Crippen LogP contribution in [-0.4, -0.2) is 19.6 Å². The lowest BCUT2D eigenvalue weighted by molar-refractivity contribution is -0.129. The number of fused-ring (bicyclic) bond motifs is 1. The Kier molecular flexibility index (Phi) is 2.24. The van der Waals surface area contributed by atoms with Gasteiger partial charge in [0.05, 0.1) is 23.9 Å². The highest BCUT2D eigenvalue weighted by atomic mass is 16.5. The second kappa shape index (κ2) is 3.65. The van der Waals surface area contributed by atoms with E-state index in [9.17, 15) is 4.79 Å². The van der Waals surface area contributed by atoms with E-state index in [1.165, 1.54) is 0 Å². The first-order valence-corrected chi connectivity index (χ1v) is 5.97. The first-order valence-electron chi connectivity index (χ1n) is 5.97. The highest BCUT2D eigenvalue weighted by Crippen LogP contribution is 2.44. The molecule has 1 spiro atoms. The number of rotatable bonds is 1. The van der Waals surface area contributed by atoms with E-state index in [-0.39, 0.29) is 11.3 Å². The third-order valence-electron chi connectivity index (χ3n) is 3.88. The Balaban J connectivity index is 1.93. The van der Waals surface area contributed by atoms with E-state index in [0.29, 0.717) is 0 Å². The first-order chi connectivity index (χ1) is 8.23. The number of nitrogens with one attached hydrogen (secondary N) is 2. The summed E-state index contributed by atoms with van der Waals surface area (Å²) in [6.07, 6.45) is 3.11. The van der Waals surface area contributed by atoms with Crippen LogP contribution in [0.5, 0.6) is 5.75 Å². The van der Waals surface area contributed by atoms with E-state index < -0.39 is 0 Å². The number of amides is 1. The van der Waals surface area contributed by atoms with E-state index in [4.69, 9.17) is 4.74 Å². The number of anilines is 2. The molecule has 17 heavy (non-hydrogen) atoms. The molecule has 1 saturated carbocycles. The van der Waals surface area contributed by atoms with Crippen LogP contribution in [0.4, 0.5) is 11.4 Å². The predicted molar refractivity (Wildman–Crippen MR) is 66.4 cm³/mol. The second-order valence-electron chi connectivity index (χ2n) is 4.85. The Hall–Kier alpha value is -1.71. The molecule has 0 unspecified atom stereocenters. The van der Waals surface area contributed by atoms with Gasteiger partial charge in [-0.3, -0.25) is 4.79 Å². The zero-order chi connectivity index (χ0) is 11.9. The minimum Gasteiger partial charge on any atom is -0.497 e. The molecule has 0 aromatic heterocycles. The molecule has 0 saturated heterocycles. The Morgan fingerprint density at radius 2 is 2.12 bits per heavy atom. The monoisotopic (exact) mass is 232 g/mol. The standard InChI is InChI=1S/C13H16N2O2/c1-17-9-3-4-10-11(7-9)14-8-13(5-2-6-13)12(16)15-10/h3-4,7,14H,2,5-6,8H2,1H3,(H,15,16). The highest BCUT2D eigenvalue weighted by molar-refractivity contribution is 6.00. The zero-order valence-corrected chi connectivity index (χ0v) is 9.88. The minimum atomic E-state index is -0.188. The largest absolute Gasteiger partial charge is 0.497 e. The molecular weight excluding hydrogens is 216 g/mol. The predicted octanol–water partition coefficient (Wildman–Crippen LogP) is 2.23. The third-order valence-corrected chi connectivity index (χ3v) is 3.88. The van der Waals surface area contributed by atoms with Crippen molar-refractivity contribution < 1.29 is 9.53 Å². The summed E-state index contributed by atoms with van der Waals surface area (Å²) in [6, 6.07) is 5.67. The van der Waals surface area contributed by atoms with Crippen molar-refractivity contribution in [1.29, 1.82) is 0 Å². The van der Waals surface area contributed by atoms with Gasteiger partial charge in [0.25, 0.3) is 0 Å². The van der Waals surface area contributed by atoms with Crippen LogP contribution in [-0.2, 0) is 4.79 Å². The van der Waals surface area contributed by atoms with Gasteiger partial charge in [0.1, 0.15) is 5.75 Å². The quantitative estimate of drug-likeness (QED) is 0.780. The lowest BCUT2D eigenvalue weighted by atomic mass is 9.68. The lowest BCUT2D eigenvalue weighted by Crippen LogP contribution is -2.45. The molecule has 0 radical (unpaired) electrons. The van der Waals surface area contributed by atoms with Gasteiger partial charge in [0.2, 0.25) is 5.91 Å². The molecule has 1 aliphatic carbocycles. The van der Waals surface area contributed by atoms with Gasteiger partial charge in [-0.1, -0.05) is 6.42 Å². The summed E-state index contributed by atoms with van der Waals surface area (Å²) in [5.74, 6) is 0.954. The van der Waals surface area contributed by atoms with Crippen molar-refractivity contribution in [3.05, 3.63) is 18.2 Å². The van der Waals surface area contributed by atoms with E-state index in [1.54, 1.807) is 7.11 Å². The molecule has 1 aromatic rings. The molecule has 90 valence electrons. The van der Waals surface area contributed by atoms with Crippen LogP contribution >= 0.6 is 0 Å². The summed E-state index contributed by atoms with van der Waals surface area (Å²) < 4.78 is 5.19. The molecule has 1 amide bonds. The van der Waals surface area contributed by atoms with E-state index in [1.807, 2.05) is 18.2 Å². The molecule has 1 aromatic carbocycles. The number of carbonyl (C=O) groups is 1. The van der Waals surface area contributed by atoms with Crippen LogP contribution < -0.4 is 15.4 Å². The van der Waals surface area contributed by atoms with Gasteiger partial charge in [-0.15, -0.1) is 0 Å². The molecule has 1 heterocycles. The zero-order valence-electron chi connectivity index (χ0n) is 9.88. The molecule has 0 bridgehead atoms. The van der Waals surface area contributed by atoms with Crippen LogP contribution in [0, 0.1) is 5.41 Å². The van der Waals surface area contributed by atoms with Crippen molar-refractivity contribution in [1.82, 2.24) is 0 Å². The van der Waals surface area contributed by atoms with Crippen molar-refractivity contribution in [2.24, 2.45) is 5.41 Å². The maximum Gasteiger partial charge on any atom is 0.232 e. The van der Waals surface area contributed by atoms with Crippen LogP contribution in [0.15, 0.2) is 18.2 Å². The Morgan fingerprint density at radius 1 is 1.29 bits per heavy atom. The number of benzene rings is 1. The fraction of sp³-hybridized carbons (Fsp3) is 0.462. The SMILES string of the molecule is COc1ccc2c(c1)NCC1(CCC1)C(=O)N2. The number of carbonyl (C=O) groups excluding carboxylic acids is 1. The molecule has 2 aliphatic rings. The molecular formula is C13H16N2O2. The van der Waals surface area contributed by atoms with Crippen molar-refractivity contribution >= 4 is 17.3 Å². The fourth-order valence-corrected chi connectivity index (χ4v) is 2.51. The lowest BCUT2D eigenvalue weighted by Gasteiger charge is -2.38. The molecule has 1 aliphatic heterocycles. The third kappa shape index (κ3) is 1.55. The van der Waals surface area contributed by atoms with E-state index >= 15 is 0 Å². The van der Waals surface area contributed by atoms with E-state index in [0.717, 1.165) is 42.9 Å². The summed E-state index contributed by atoms with van der Waals surface area (Å²) in [4.78, 5) is 12.2. The first kappa shape index (κ1) is 10.4. The topological polar surface area (TPSA) is 50.4 Å². The van der Waals surface area contributed by atoms with Gasteiger partial charge in [-0.05, 0) is 25.0 Å². The summed E-state index contributed by atoms with van der Waals surface area (Å²) in [5, 5.41) is 6.37. The van der Waals surface area contributed by atoms with Crippen LogP contribution in [0.3, 0.4) is 0 Å². The summed E-state index contributed by atoms with van der Waals surface area (Å²) in [7, 11) is 1.64. The number of hydrogen-bond donors (Lipinski definition) is 2. The van der Waals surface area contributed by atoms with Crippen LogP contribution in [0.25, 0.3) is 0 Å². The van der Waals surface area contributed by atoms with Gasteiger partial charge in [0, 0.05) is 12.6 Å². The smallest absolute Gasteiger partial charge is 0.232 e. The van der Waals surface area contributed by atoms with E-state index in [2.05, 4.69) is 10.6 Å². The van der Waals surface area contributed by atoms with Gasteiger partial charge in [-0.25, -0.2) is 0 Å². The molecule has 2 N–H and O–H groups in total. The maximum absolute atomic E-state index is 12.2. The normalized spacial score (nSPS) is 20.6. The average molecular weight is 232 g/mol. The Bertz CT molecular complexity index is 466. The van der Waals surface area contributed by atoms with Gasteiger partial charge in [-0.2, -0.15) is 0 Å². The van der Waals surface area contributed by atoms with Gasteiger partial charge in [0.15, 0.2) is 0 Å².